The minimum atomic E-state index is -3.91. The molecule has 2 aromatic rings. The first kappa shape index (κ1) is 23.0. The zero-order valence-electron chi connectivity index (χ0n) is 18.1. The van der Waals surface area contributed by atoms with E-state index in [1.54, 1.807) is 57.3 Å². The van der Waals surface area contributed by atoms with Gasteiger partial charge in [0.05, 0.1) is 5.69 Å². The number of rotatable bonds is 6. The molecular weight excluding hydrogens is 432 g/mol. The molecule has 1 aromatic carbocycles. The van der Waals surface area contributed by atoms with Crippen LogP contribution in [0.2, 0.25) is 0 Å². The van der Waals surface area contributed by atoms with E-state index in [-0.39, 0.29) is 22.9 Å². The van der Waals surface area contributed by atoms with Crippen molar-refractivity contribution in [1.82, 2.24) is 4.57 Å². The first-order valence-corrected chi connectivity index (χ1v) is 11.3. The van der Waals surface area contributed by atoms with Gasteiger partial charge in [-0.3, -0.25) is 19.8 Å². The van der Waals surface area contributed by atoms with Crippen LogP contribution in [0.25, 0.3) is 0 Å². The number of nitrogens with one attached hydrogen (secondary N) is 1. The molecule has 1 aliphatic carbocycles. The average molecular weight is 457 g/mol. The molecule has 2 N–H and O–H groups in total. The molecule has 0 amide bonds. The van der Waals surface area contributed by atoms with Gasteiger partial charge < -0.3 is 9.29 Å². The van der Waals surface area contributed by atoms with Crippen LogP contribution in [-0.2, 0) is 17.2 Å². The molecule has 2 unspecified atom stereocenters. The molecule has 1 heterocycles. The average Bonchev–Trinajstić information content (AvgIpc) is 2.75. The van der Waals surface area contributed by atoms with Crippen LogP contribution in [0, 0.1) is 24.2 Å². The molecule has 32 heavy (non-hydrogen) atoms. The van der Waals surface area contributed by atoms with Crippen LogP contribution >= 0.6 is 0 Å². The highest BCUT2D eigenvalue weighted by Gasteiger charge is 2.30. The van der Waals surface area contributed by atoms with E-state index in [2.05, 4.69) is 5.43 Å². The van der Waals surface area contributed by atoms with E-state index in [4.69, 9.17) is 4.18 Å². The molecule has 10 heteroatoms. The number of allylic oxidation sites excluding steroid dienone is 3. The van der Waals surface area contributed by atoms with Crippen molar-refractivity contribution in [3.8, 4) is 17.7 Å². The van der Waals surface area contributed by atoms with Crippen LogP contribution in [0.1, 0.15) is 18.1 Å². The van der Waals surface area contributed by atoms with Crippen LogP contribution in [0.4, 0.5) is 11.4 Å². The Balaban J connectivity index is 1.87. The molecule has 0 saturated heterocycles. The Kier molecular flexibility index (Phi) is 6.32. The smallest absolute Gasteiger partial charge is 0.316 e. The lowest BCUT2D eigenvalue weighted by atomic mass is 10.0. The Morgan fingerprint density at radius 1 is 1.28 bits per heavy atom. The summed E-state index contributed by atoms with van der Waals surface area (Å²) in [7, 11) is -0.927. The van der Waals surface area contributed by atoms with Crippen molar-refractivity contribution in [2.45, 2.75) is 19.1 Å². The number of pyridine rings is 1. The molecule has 0 saturated carbocycles. The van der Waals surface area contributed by atoms with E-state index < -0.39 is 26.8 Å². The highest BCUT2D eigenvalue weighted by Crippen LogP contribution is 2.28. The van der Waals surface area contributed by atoms with Gasteiger partial charge >= 0.3 is 10.1 Å². The van der Waals surface area contributed by atoms with E-state index in [1.807, 2.05) is 6.07 Å². The van der Waals surface area contributed by atoms with Crippen molar-refractivity contribution in [2.75, 3.05) is 17.5 Å². The maximum Gasteiger partial charge on any atom is 0.316 e. The van der Waals surface area contributed by atoms with Gasteiger partial charge in [0.25, 0.3) is 5.56 Å². The van der Waals surface area contributed by atoms with Gasteiger partial charge in [0.1, 0.15) is 28.3 Å². The summed E-state index contributed by atoms with van der Waals surface area (Å²) in [5.41, 5.74) is 3.28. The molecule has 1 aliphatic rings. The second kappa shape index (κ2) is 8.80. The van der Waals surface area contributed by atoms with Crippen LogP contribution < -0.4 is 20.2 Å². The fourth-order valence-electron chi connectivity index (χ4n) is 3.37. The Hall–Kier alpha value is -3.71. The number of hydrazine groups is 1. The fourth-order valence-corrected chi connectivity index (χ4v) is 4.76. The van der Waals surface area contributed by atoms with Crippen molar-refractivity contribution in [1.29, 1.82) is 5.26 Å². The van der Waals surface area contributed by atoms with Crippen molar-refractivity contribution in [2.24, 2.45) is 13.0 Å². The second-order valence-electron chi connectivity index (χ2n) is 7.51. The normalized spacial score (nSPS) is 17.6. The van der Waals surface area contributed by atoms with Crippen molar-refractivity contribution < 1.29 is 17.7 Å². The summed E-state index contributed by atoms with van der Waals surface area (Å²) >= 11 is 0. The highest BCUT2D eigenvalue weighted by molar-refractivity contribution is 7.87. The number of benzene rings is 1. The lowest BCUT2D eigenvalue weighted by Gasteiger charge is -2.24. The molecule has 0 fully saturated rings. The maximum absolute atomic E-state index is 12.7. The zero-order valence-corrected chi connectivity index (χ0v) is 18.9. The number of nitrogens with zero attached hydrogens (tertiary/aromatic N) is 3. The fraction of sp³-hybridized carbons (Fsp3) is 0.273. The van der Waals surface area contributed by atoms with Crippen molar-refractivity contribution >= 4 is 21.5 Å². The maximum atomic E-state index is 12.7. The van der Waals surface area contributed by atoms with Crippen LogP contribution in [0.3, 0.4) is 0 Å². The van der Waals surface area contributed by atoms with Gasteiger partial charge in [0.15, 0.2) is 0 Å². The summed E-state index contributed by atoms with van der Waals surface area (Å²) in [6.07, 6.45) is 6.87. The predicted octanol–water partition coefficient (Wildman–Crippen LogP) is 2.57. The monoisotopic (exact) mass is 456 g/mol. The quantitative estimate of drug-likeness (QED) is 0.502. The predicted molar refractivity (Wildman–Crippen MR) is 122 cm³/mol. The van der Waals surface area contributed by atoms with Gasteiger partial charge in [-0.2, -0.15) is 13.7 Å². The number of anilines is 2. The summed E-state index contributed by atoms with van der Waals surface area (Å²) in [5.74, 6) is -0.510. The van der Waals surface area contributed by atoms with E-state index in [0.717, 1.165) is 4.57 Å². The van der Waals surface area contributed by atoms with Gasteiger partial charge in [-0.15, -0.1) is 0 Å². The number of aromatic nitrogens is 1. The number of nitriles is 1. The third kappa shape index (κ3) is 4.33. The summed E-state index contributed by atoms with van der Waals surface area (Å²) < 4.78 is 31.8. The topological polar surface area (TPSA) is 125 Å². The number of aromatic hydroxyl groups is 1. The Morgan fingerprint density at radius 2 is 1.97 bits per heavy atom. The van der Waals surface area contributed by atoms with E-state index in [9.17, 15) is 23.6 Å². The summed E-state index contributed by atoms with van der Waals surface area (Å²) in [5, 5.41) is 20.0. The molecule has 9 nitrogen and oxygen atoms in total. The van der Waals surface area contributed by atoms with E-state index in [0.29, 0.717) is 11.3 Å². The molecule has 3 rings (SSSR count). The number of hydrogen-bond acceptors (Lipinski definition) is 8. The standard InChI is InChI=1S/C22H24N4O5S/c1-14-8-5-6-11-19(14)32(29,30)31-17-10-7-9-16(12-17)26(4)24-20-15(2)18(13-23)21(27)25(3)22(20)28/h5-12,14,19,24,27H,1-4H3. The summed E-state index contributed by atoms with van der Waals surface area (Å²) in [6.45, 7) is 3.35. The minimum absolute atomic E-state index is 0.0186. The summed E-state index contributed by atoms with van der Waals surface area (Å²) in [4.78, 5) is 12.6. The van der Waals surface area contributed by atoms with Crippen molar-refractivity contribution in [3.05, 3.63) is 70.1 Å². The Morgan fingerprint density at radius 3 is 2.62 bits per heavy atom. The molecular formula is C22H24N4O5S. The molecule has 0 aliphatic heterocycles. The first-order chi connectivity index (χ1) is 15.1. The lowest BCUT2D eigenvalue weighted by molar-refractivity contribution is 0.421. The minimum Gasteiger partial charge on any atom is -0.493 e. The van der Waals surface area contributed by atoms with Crippen LogP contribution in [0.15, 0.2) is 53.4 Å². The highest BCUT2D eigenvalue weighted by atomic mass is 32.2. The number of hydrogen-bond donors (Lipinski definition) is 2. The van der Waals surface area contributed by atoms with Gasteiger partial charge in [0.2, 0.25) is 5.88 Å². The van der Waals surface area contributed by atoms with Gasteiger partial charge in [-0.25, -0.2) is 0 Å². The Bertz CT molecular complexity index is 1300. The first-order valence-electron chi connectivity index (χ1n) is 9.78. The van der Waals surface area contributed by atoms with Gasteiger partial charge in [-0.1, -0.05) is 37.3 Å². The summed E-state index contributed by atoms with van der Waals surface area (Å²) in [6, 6.07) is 8.26. The third-order valence-electron chi connectivity index (χ3n) is 5.30. The third-order valence-corrected chi connectivity index (χ3v) is 6.97. The molecule has 0 spiro atoms. The van der Waals surface area contributed by atoms with Gasteiger partial charge in [0, 0.05) is 25.7 Å². The molecule has 168 valence electrons. The lowest BCUT2D eigenvalue weighted by Crippen LogP contribution is -2.32. The van der Waals surface area contributed by atoms with Crippen molar-refractivity contribution in [3.63, 3.8) is 0 Å². The largest absolute Gasteiger partial charge is 0.493 e. The Labute approximate surface area is 186 Å². The molecule has 0 radical (unpaired) electrons. The molecule has 1 aromatic heterocycles. The van der Waals surface area contributed by atoms with Crippen LogP contribution in [0.5, 0.6) is 11.6 Å². The zero-order chi connectivity index (χ0) is 23.6. The molecule has 0 bridgehead atoms. The SMILES string of the molecule is Cc1c(C#N)c(O)n(C)c(=O)c1NN(C)c1cccc(OS(=O)(=O)C2C=CC=CC2C)c1. The van der Waals surface area contributed by atoms with Gasteiger partial charge in [-0.05, 0) is 25.0 Å². The van der Waals surface area contributed by atoms with Crippen LogP contribution in [-0.4, -0.2) is 30.4 Å². The second-order valence-corrected chi connectivity index (χ2v) is 9.21. The van der Waals surface area contributed by atoms with E-state index >= 15 is 0 Å². The van der Waals surface area contributed by atoms with E-state index in [1.165, 1.54) is 24.2 Å². The molecule has 2 atom stereocenters.